The predicted molar refractivity (Wildman–Crippen MR) is 75.3 cm³/mol. The average molecular weight is 241 g/mol. The van der Waals surface area contributed by atoms with Gasteiger partial charge >= 0.3 is 0 Å². The average Bonchev–Trinajstić information content (AvgIpc) is 2.27. The topological polar surface area (TPSA) is 30.0 Å². The van der Waals surface area contributed by atoms with Crippen molar-refractivity contribution in [1.82, 2.24) is 4.98 Å². The van der Waals surface area contributed by atoms with Crippen LogP contribution in [0, 0.1) is 13.8 Å². The number of hydrogen-bond acceptors (Lipinski definition) is 2. The molecule has 0 saturated heterocycles. The van der Waals surface area contributed by atoms with Crippen molar-refractivity contribution in [1.29, 1.82) is 0 Å². The van der Waals surface area contributed by atoms with E-state index in [2.05, 4.69) is 32.9 Å². The van der Waals surface area contributed by atoms with Gasteiger partial charge in [0.2, 0.25) is 0 Å². The minimum Gasteiger partial charge on any atom is -0.294 e. The fraction of sp³-hybridized carbons (Fsp3) is 0.375. The van der Waals surface area contributed by atoms with Crippen molar-refractivity contribution in [2.45, 2.75) is 40.5 Å². The van der Waals surface area contributed by atoms with Gasteiger partial charge in [0.05, 0.1) is 5.52 Å². The van der Waals surface area contributed by atoms with Gasteiger partial charge in [0, 0.05) is 16.6 Å². The second kappa shape index (κ2) is 4.52. The second-order valence-electron chi connectivity index (χ2n) is 5.28. The summed E-state index contributed by atoms with van der Waals surface area (Å²) in [5.41, 5.74) is 5.03. The lowest BCUT2D eigenvalue weighted by Crippen LogP contribution is -2.02. The number of carbonyl (C=O) groups excluding carboxylic acids is 1. The van der Waals surface area contributed by atoms with Gasteiger partial charge in [-0.05, 0) is 44.4 Å². The number of carbonyl (C=O) groups is 1. The summed E-state index contributed by atoms with van der Waals surface area (Å²) in [7, 11) is 0. The lowest BCUT2D eigenvalue weighted by atomic mass is 9.97. The molecule has 94 valence electrons. The largest absolute Gasteiger partial charge is 0.294 e. The molecule has 2 nitrogen and oxygen atoms in total. The Kier molecular flexibility index (Phi) is 3.20. The van der Waals surface area contributed by atoms with Gasteiger partial charge < -0.3 is 0 Å². The van der Waals surface area contributed by atoms with E-state index in [0.717, 1.165) is 27.7 Å². The Morgan fingerprint density at radius 3 is 2.39 bits per heavy atom. The highest BCUT2D eigenvalue weighted by molar-refractivity contribution is 6.07. The van der Waals surface area contributed by atoms with Crippen molar-refractivity contribution < 1.29 is 4.79 Å². The summed E-state index contributed by atoms with van der Waals surface area (Å²) in [6.45, 7) is 9.92. The van der Waals surface area contributed by atoms with Gasteiger partial charge in [0.25, 0.3) is 0 Å². The zero-order chi connectivity index (χ0) is 13.4. The number of hydrogen-bond donors (Lipinski definition) is 0. The number of aryl methyl sites for hydroxylation is 2. The van der Waals surface area contributed by atoms with Crippen LogP contribution in [0.4, 0.5) is 0 Å². The van der Waals surface area contributed by atoms with E-state index in [9.17, 15) is 4.79 Å². The number of Topliss-reactive ketones (excluding diaryl/α,β-unsaturated/α-hetero) is 1. The molecule has 0 unspecified atom stereocenters. The molecule has 0 amide bonds. The quantitative estimate of drug-likeness (QED) is 0.738. The lowest BCUT2D eigenvalue weighted by Gasteiger charge is -2.12. The summed E-state index contributed by atoms with van der Waals surface area (Å²) in [5, 5.41) is 0.976. The molecule has 2 heteroatoms. The van der Waals surface area contributed by atoms with Gasteiger partial charge in [-0.2, -0.15) is 0 Å². The van der Waals surface area contributed by atoms with Crippen LogP contribution in [0.3, 0.4) is 0 Å². The third-order valence-corrected chi connectivity index (χ3v) is 3.24. The monoisotopic (exact) mass is 241 g/mol. The molecule has 0 spiro atoms. The van der Waals surface area contributed by atoms with Gasteiger partial charge in [-0.3, -0.25) is 9.78 Å². The number of nitrogens with zero attached hydrogens (tertiary/aromatic N) is 1. The Morgan fingerprint density at radius 1 is 1.17 bits per heavy atom. The summed E-state index contributed by atoms with van der Waals surface area (Å²) < 4.78 is 0. The molecule has 0 radical (unpaired) electrons. The van der Waals surface area contributed by atoms with Crippen molar-refractivity contribution in [2.75, 3.05) is 0 Å². The standard InChI is InChI=1S/C16H19NO/c1-9(2)15-8-13(12(5)18)14-7-10(3)6-11(4)16(14)17-15/h6-9H,1-5H3. The van der Waals surface area contributed by atoms with Gasteiger partial charge in [0.1, 0.15) is 0 Å². The molecular formula is C16H19NO. The van der Waals surface area contributed by atoms with E-state index in [1.807, 2.05) is 13.0 Å². The first kappa shape index (κ1) is 12.7. The molecule has 2 rings (SSSR count). The first-order chi connectivity index (χ1) is 8.40. The van der Waals surface area contributed by atoms with Gasteiger partial charge in [-0.15, -0.1) is 0 Å². The Morgan fingerprint density at radius 2 is 1.83 bits per heavy atom. The van der Waals surface area contributed by atoms with E-state index in [1.54, 1.807) is 6.92 Å². The van der Waals surface area contributed by atoms with E-state index in [4.69, 9.17) is 4.98 Å². The van der Waals surface area contributed by atoms with Crippen LogP contribution in [-0.2, 0) is 0 Å². The predicted octanol–water partition coefficient (Wildman–Crippen LogP) is 4.18. The SMILES string of the molecule is CC(=O)c1cc(C(C)C)nc2c(C)cc(C)cc12. The molecule has 0 N–H and O–H groups in total. The maximum Gasteiger partial charge on any atom is 0.160 e. The van der Waals surface area contributed by atoms with Crippen LogP contribution in [0.15, 0.2) is 18.2 Å². The molecule has 1 heterocycles. The Bertz CT molecular complexity index is 627. The number of aromatic nitrogens is 1. The zero-order valence-electron chi connectivity index (χ0n) is 11.7. The summed E-state index contributed by atoms with van der Waals surface area (Å²) in [6.07, 6.45) is 0. The molecule has 0 bridgehead atoms. The number of fused-ring (bicyclic) bond motifs is 1. The van der Waals surface area contributed by atoms with Crippen LogP contribution in [0.5, 0.6) is 0 Å². The van der Waals surface area contributed by atoms with Crippen LogP contribution < -0.4 is 0 Å². The molecule has 1 aromatic carbocycles. The maximum atomic E-state index is 11.8. The Labute approximate surface area is 108 Å². The fourth-order valence-electron chi connectivity index (χ4n) is 2.29. The van der Waals surface area contributed by atoms with Crippen LogP contribution in [0.2, 0.25) is 0 Å². The van der Waals surface area contributed by atoms with Crippen LogP contribution in [0.1, 0.15) is 53.9 Å². The molecule has 0 aliphatic carbocycles. The fourth-order valence-corrected chi connectivity index (χ4v) is 2.29. The zero-order valence-corrected chi connectivity index (χ0v) is 11.7. The number of rotatable bonds is 2. The van der Waals surface area contributed by atoms with E-state index in [0.29, 0.717) is 5.92 Å². The van der Waals surface area contributed by atoms with Crippen LogP contribution in [-0.4, -0.2) is 10.8 Å². The van der Waals surface area contributed by atoms with Crippen molar-refractivity contribution in [3.05, 3.63) is 40.6 Å². The van der Waals surface area contributed by atoms with E-state index in [1.165, 1.54) is 5.56 Å². The Balaban J connectivity index is 2.90. The molecule has 0 fully saturated rings. The number of ketones is 1. The summed E-state index contributed by atoms with van der Waals surface area (Å²) in [5.74, 6) is 0.433. The second-order valence-corrected chi connectivity index (χ2v) is 5.28. The summed E-state index contributed by atoms with van der Waals surface area (Å²) in [4.78, 5) is 16.5. The minimum atomic E-state index is 0.106. The highest BCUT2D eigenvalue weighted by Crippen LogP contribution is 2.26. The molecule has 2 aromatic rings. The first-order valence-corrected chi connectivity index (χ1v) is 6.33. The maximum absolute atomic E-state index is 11.8. The van der Waals surface area contributed by atoms with Crippen molar-refractivity contribution in [3.63, 3.8) is 0 Å². The summed E-state index contributed by atoms with van der Waals surface area (Å²) in [6, 6.07) is 6.10. The Hall–Kier alpha value is -1.70. The highest BCUT2D eigenvalue weighted by Gasteiger charge is 2.13. The third-order valence-electron chi connectivity index (χ3n) is 3.24. The number of benzene rings is 1. The molecule has 0 saturated carbocycles. The molecule has 0 aliphatic heterocycles. The molecule has 1 aromatic heterocycles. The van der Waals surface area contributed by atoms with Crippen molar-refractivity contribution in [3.8, 4) is 0 Å². The van der Waals surface area contributed by atoms with Gasteiger partial charge in [0.15, 0.2) is 5.78 Å². The minimum absolute atomic E-state index is 0.106. The summed E-state index contributed by atoms with van der Waals surface area (Å²) >= 11 is 0. The molecule has 18 heavy (non-hydrogen) atoms. The molecular weight excluding hydrogens is 222 g/mol. The van der Waals surface area contributed by atoms with Crippen LogP contribution in [0.25, 0.3) is 10.9 Å². The molecule has 0 aliphatic rings. The van der Waals surface area contributed by atoms with Gasteiger partial charge in [-0.25, -0.2) is 0 Å². The molecule has 0 atom stereocenters. The van der Waals surface area contributed by atoms with Gasteiger partial charge in [-0.1, -0.05) is 25.5 Å². The first-order valence-electron chi connectivity index (χ1n) is 6.33. The van der Waals surface area contributed by atoms with Crippen molar-refractivity contribution >= 4 is 16.7 Å². The van der Waals surface area contributed by atoms with E-state index < -0.39 is 0 Å². The highest BCUT2D eigenvalue weighted by atomic mass is 16.1. The third kappa shape index (κ3) is 2.15. The number of pyridine rings is 1. The van der Waals surface area contributed by atoms with E-state index >= 15 is 0 Å². The smallest absolute Gasteiger partial charge is 0.160 e. The lowest BCUT2D eigenvalue weighted by molar-refractivity contribution is 0.101. The van der Waals surface area contributed by atoms with Crippen molar-refractivity contribution in [2.24, 2.45) is 0 Å². The van der Waals surface area contributed by atoms with E-state index in [-0.39, 0.29) is 5.78 Å². The normalized spacial score (nSPS) is 11.2. The van der Waals surface area contributed by atoms with Crippen LogP contribution >= 0.6 is 0 Å².